The monoisotopic (exact) mass is 344 g/mol. The van der Waals surface area contributed by atoms with Crippen molar-refractivity contribution in [3.8, 4) is 0 Å². The summed E-state index contributed by atoms with van der Waals surface area (Å²) in [6.07, 6.45) is 0.117. The van der Waals surface area contributed by atoms with E-state index in [9.17, 15) is 23.9 Å². The van der Waals surface area contributed by atoms with Crippen LogP contribution in [-0.2, 0) is 19.1 Å². The zero-order chi connectivity index (χ0) is 18.3. The molecular weight excluding hydrogens is 319 g/mol. The highest BCUT2D eigenvalue weighted by Gasteiger charge is 2.53. The van der Waals surface area contributed by atoms with Crippen LogP contribution in [0.15, 0.2) is 0 Å². The van der Waals surface area contributed by atoms with E-state index in [0.717, 1.165) is 0 Å². The number of nitrogens with zero attached hydrogens (tertiary/aromatic N) is 1. The summed E-state index contributed by atoms with van der Waals surface area (Å²) in [5.74, 6) is -2.44. The summed E-state index contributed by atoms with van der Waals surface area (Å²) in [5.41, 5.74) is -2.58. The lowest BCUT2D eigenvalue weighted by Crippen LogP contribution is -2.58. The van der Waals surface area contributed by atoms with Crippen molar-refractivity contribution in [2.45, 2.75) is 63.9 Å². The molecule has 2 fully saturated rings. The van der Waals surface area contributed by atoms with Crippen LogP contribution in [0.4, 0.5) is 4.39 Å². The number of rotatable bonds is 5. The molecule has 2 amide bonds. The van der Waals surface area contributed by atoms with Gasteiger partial charge in [-0.1, -0.05) is 20.8 Å². The van der Waals surface area contributed by atoms with Gasteiger partial charge in [-0.05, 0) is 18.3 Å². The molecular formula is C16H25FN2O5. The van der Waals surface area contributed by atoms with Crippen molar-refractivity contribution < 1.29 is 28.6 Å². The third-order valence-corrected chi connectivity index (χ3v) is 4.65. The van der Waals surface area contributed by atoms with Crippen LogP contribution in [0.5, 0.6) is 0 Å². The molecule has 1 saturated heterocycles. The van der Waals surface area contributed by atoms with E-state index >= 15 is 0 Å². The average Bonchev–Trinajstić information content (AvgIpc) is 3.08. The summed E-state index contributed by atoms with van der Waals surface area (Å²) >= 11 is 0. The largest absolute Gasteiger partial charge is 0.480 e. The van der Waals surface area contributed by atoms with Crippen molar-refractivity contribution in [2.24, 2.45) is 5.41 Å². The van der Waals surface area contributed by atoms with Crippen molar-refractivity contribution in [2.75, 3.05) is 13.7 Å². The quantitative estimate of drug-likeness (QED) is 0.766. The first-order valence-electron chi connectivity index (χ1n) is 8.05. The van der Waals surface area contributed by atoms with Crippen LogP contribution in [0.25, 0.3) is 0 Å². The molecule has 0 aromatic carbocycles. The highest BCUT2D eigenvalue weighted by Crippen LogP contribution is 2.40. The molecule has 136 valence electrons. The Labute approximate surface area is 140 Å². The maximum Gasteiger partial charge on any atom is 0.326 e. The van der Waals surface area contributed by atoms with Gasteiger partial charge in [-0.25, -0.2) is 9.18 Å². The Morgan fingerprint density at radius 3 is 2.33 bits per heavy atom. The van der Waals surface area contributed by atoms with E-state index < -0.39 is 41.0 Å². The fraction of sp³-hybridized carbons (Fsp3) is 0.812. The molecule has 1 heterocycles. The number of amides is 2. The number of hydrogen-bond acceptors (Lipinski definition) is 4. The molecule has 3 atom stereocenters. The number of halogens is 1. The van der Waals surface area contributed by atoms with Crippen LogP contribution in [0.2, 0.25) is 0 Å². The second-order valence-corrected chi connectivity index (χ2v) is 7.68. The third-order valence-electron chi connectivity index (χ3n) is 4.65. The lowest BCUT2D eigenvalue weighted by Gasteiger charge is -2.35. The number of aliphatic carboxylic acids is 1. The predicted octanol–water partition coefficient (Wildman–Crippen LogP) is 0.720. The number of nitrogens with one attached hydrogen (secondary N) is 1. The number of carboxylic acid groups (broad SMARTS) is 1. The number of ether oxygens (including phenoxy) is 1. The molecule has 1 aliphatic carbocycles. The predicted molar refractivity (Wildman–Crippen MR) is 83.0 cm³/mol. The van der Waals surface area contributed by atoms with E-state index in [0.29, 0.717) is 0 Å². The van der Waals surface area contributed by atoms with Gasteiger partial charge in [-0.3, -0.25) is 9.59 Å². The zero-order valence-electron chi connectivity index (χ0n) is 14.5. The average molecular weight is 344 g/mol. The second kappa shape index (κ2) is 6.31. The lowest BCUT2D eigenvalue weighted by molar-refractivity contribution is -0.151. The van der Waals surface area contributed by atoms with E-state index in [-0.39, 0.29) is 31.9 Å². The first kappa shape index (κ1) is 18.6. The normalized spacial score (nSPS) is 26.8. The maximum atomic E-state index is 14.0. The molecule has 24 heavy (non-hydrogen) atoms. The van der Waals surface area contributed by atoms with E-state index in [2.05, 4.69) is 5.32 Å². The van der Waals surface area contributed by atoms with Gasteiger partial charge < -0.3 is 20.1 Å². The van der Waals surface area contributed by atoms with Gasteiger partial charge in [-0.2, -0.15) is 0 Å². The summed E-state index contributed by atoms with van der Waals surface area (Å²) in [7, 11) is 1.46. The van der Waals surface area contributed by atoms with Gasteiger partial charge in [0.2, 0.25) is 5.91 Å². The van der Waals surface area contributed by atoms with Crippen LogP contribution in [0, 0.1) is 5.41 Å². The van der Waals surface area contributed by atoms with Gasteiger partial charge in [0.05, 0.1) is 6.10 Å². The van der Waals surface area contributed by atoms with Gasteiger partial charge in [-0.15, -0.1) is 0 Å². The first-order chi connectivity index (χ1) is 11.0. The molecule has 0 unspecified atom stereocenters. The molecule has 0 radical (unpaired) electrons. The summed E-state index contributed by atoms with van der Waals surface area (Å²) in [4.78, 5) is 37.6. The molecule has 0 aromatic heterocycles. The minimum Gasteiger partial charge on any atom is -0.480 e. The topological polar surface area (TPSA) is 95.9 Å². The minimum atomic E-state index is -1.89. The molecule has 2 aliphatic rings. The molecule has 2 rings (SSSR count). The molecule has 7 nitrogen and oxygen atoms in total. The van der Waals surface area contributed by atoms with Crippen LogP contribution in [0.3, 0.4) is 0 Å². The van der Waals surface area contributed by atoms with Gasteiger partial charge >= 0.3 is 5.97 Å². The molecule has 0 bridgehead atoms. The van der Waals surface area contributed by atoms with Gasteiger partial charge in [0.15, 0.2) is 5.67 Å². The molecule has 1 saturated carbocycles. The Kier molecular flexibility index (Phi) is 4.90. The summed E-state index contributed by atoms with van der Waals surface area (Å²) in [6.45, 7) is 5.36. The van der Waals surface area contributed by atoms with E-state index in [1.54, 1.807) is 20.8 Å². The highest BCUT2D eigenvalue weighted by atomic mass is 19.1. The molecule has 0 spiro atoms. The van der Waals surface area contributed by atoms with Crippen molar-refractivity contribution >= 4 is 17.8 Å². The Balaban J connectivity index is 2.20. The molecule has 0 aromatic rings. The Bertz CT molecular complexity index is 541. The van der Waals surface area contributed by atoms with Crippen LogP contribution in [0.1, 0.15) is 40.0 Å². The number of likely N-dealkylation sites (tertiary alicyclic amines) is 1. The van der Waals surface area contributed by atoms with Gasteiger partial charge in [0, 0.05) is 20.1 Å². The number of carboxylic acids is 1. The Hall–Kier alpha value is -1.70. The molecule has 2 N–H and O–H groups in total. The third kappa shape index (κ3) is 3.68. The highest BCUT2D eigenvalue weighted by molar-refractivity contribution is 5.95. The van der Waals surface area contributed by atoms with E-state index in [1.165, 1.54) is 12.0 Å². The SMILES string of the molecule is CO[C@@H]1C[C@@H](C(=O)O)N(C(=O)[C@@H](NC(=O)C2(F)CC2)C(C)(C)C)C1. The Morgan fingerprint density at radius 1 is 1.33 bits per heavy atom. The summed E-state index contributed by atoms with van der Waals surface area (Å²) in [6, 6.07) is -2.01. The fourth-order valence-electron chi connectivity index (χ4n) is 2.86. The minimum absolute atomic E-state index is 0.134. The number of hydrogen-bond donors (Lipinski definition) is 2. The lowest BCUT2D eigenvalue weighted by atomic mass is 9.85. The number of carbonyl (C=O) groups excluding carboxylic acids is 2. The van der Waals surface area contributed by atoms with Gasteiger partial charge in [0.25, 0.3) is 5.91 Å². The fourth-order valence-corrected chi connectivity index (χ4v) is 2.86. The van der Waals surface area contributed by atoms with Crippen LogP contribution in [-0.4, -0.2) is 65.3 Å². The number of methoxy groups -OCH3 is 1. The number of carbonyl (C=O) groups is 3. The van der Waals surface area contributed by atoms with Crippen molar-refractivity contribution in [1.82, 2.24) is 10.2 Å². The van der Waals surface area contributed by atoms with E-state index in [4.69, 9.17) is 4.74 Å². The molecule has 1 aliphatic heterocycles. The standard InChI is InChI=1S/C16H25FN2O5/c1-15(2,3)11(18-14(23)16(17)5-6-16)12(20)19-8-9(24-4)7-10(19)13(21)22/h9-11H,5-8H2,1-4H3,(H,18,23)(H,21,22)/t9-,10+,11-/m1/s1. The van der Waals surface area contributed by atoms with Crippen LogP contribution >= 0.6 is 0 Å². The number of alkyl halides is 1. The summed E-state index contributed by atoms with van der Waals surface area (Å²) < 4.78 is 19.1. The summed E-state index contributed by atoms with van der Waals surface area (Å²) in [5, 5.41) is 11.8. The maximum absolute atomic E-state index is 14.0. The van der Waals surface area contributed by atoms with Gasteiger partial charge in [0.1, 0.15) is 12.1 Å². The van der Waals surface area contributed by atoms with Crippen LogP contribution < -0.4 is 5.32 Å². The van der Waals surface area contributed by atoms with E-state index in [1.807, 2.05) is 0 Å². The second-order valence-electron chi connectivity index (χ2n) is 7.68. The van der Waals surface area contributed by atoms with Crippen molar-refractivity contribution in [3.05, 3.63) is 0 Å². The smallest absolute Gasteiger partial charge is 0.326 e. The first-order valence-corrected chi connectivity index (χ1v) is 8.05. The Morgan fingerprint density at radius 2 is 1.92 bits per heavy atom. The van der Waals surface area contributed by atoms with Crippen molar-refractivity contribution in [1.29, 1.82) is 0 Å². The zero-order valence-corrected chi connectivity index (χ0v) is 14.5. The molecule has 8 heteroatoms. The van der Waals surface area contributed by atoms with Crippen molar-refractivity contribution in [3.63, 3.8) is 0 Å².